The lowest BCUT2D eigenvalue weighted by Crippen LogP contribution is -2.42. The van der Waals surface area contributed by atoms with Crippen LogP contribution < -0.4 is 0 Å². The summed E-state index contributed by atoms with van der Waals surface area (Å²) >= 11 is 19.1. The van der Waals surface area contributed by atoms with E-state index < -0.39 is 16.8 Å². The molecular weight excluding hydrogens is 1320 g/mol. The second-order valence-corrected chi connectivity index (χ2v) is 30.1. The molecule has 3 aromatic heterocycles. The summed E-state index contributed by atoms with van der Waals surface area (Å²) in [7, 11) is 0. The first-order chi connectivity index (χ1) is 46.3. The molecule has 3 aliphatic carbocycles. The van der Waals surface area contributed by atoms with Gasteiger partial charge in [0.1, 0.15) is 16.8 Å². The second-order valence-electron chi connectivity index (χ2n) is 28.8. The van der Waals surface area contributed by atoms with Crippen molar-refractivity contribution in [3.8, 4) is 0 Å². The van der Waals surface area contributed by atoms with E-state index in [1.807, 2.05) is 170 Å². The van der Waals surface area contributed by atoms with E-state index in [2.05, 4.69) is 42.5 Å². The van der Waals surface area contributed by atoms with Gasteiger partial charge in [-0.3, -0.25) is 15.0 Å². The minimum Gasteiger partial charge on any atom is -0.501 e. The molecule has 6 aromatic rings. The van der Waals surface area contributed by atoms with Crippen LogP contribution in [0, 0.1) is 17.8 Å². The highest BCUT2D eigenvalue weighted by Crippen LogP contribution is 2.49. The van der Waals surface area contributed by atoms with Crippen LogP contribution in [0.3, 0.4) is 0 Å². The Morgan fingerprint density at radius 2 is 0.820 bits per heavy atom. The fourth-order valence-corrected chi connectivity index (χ4v) is 14.9. The number of amides is 3. The summed E-state index contributed by atoms with van der Waals surface area (Å²) in [6.45, 7) is 23.6. The van der Waals surface area contributed by atoms with Crippen molar-refractivity contribution < 1.29 is 43.5 Å². The molecule has 0 bridgehead atoms. The normalized spacial score (nSPS) is 18.4. The van der Waals surface area contributed by atoms with Gasteiger partial charge in [-0.15, -0.1) is 0 Å². The van der Waals surface area contributed by atoms with E-state index in [1.54, 1.807) is 11.2 Å². The number of likely N-dealkylation sites (tertiary alicyclic amines) is 3. The number of carbonyl (C=O) groups excluding carboxylic acids is 3. The molecule has 6 aliphatic rings. The number of benzene rings is 3. The van der Waals surface area contributed by atoms with Gasteiger partial charge in [0, 0.05) is 108 Å². The topological polar surface area (TPSA) is 177 Å². The third-order valence-corrected chi connectivity index (χ3v) is 19.3. The van der Waals surface area contributed by atoms with Crippen molar-refractivity contribution in [2.45, 2.75) is 171 Å². The maximum absolute atomic E-state index is 12.6. The Bertz CT molecular complexity index is 3920. The Morgan fingerprint density at radius 3 is 1.16 bits per heavy atom. The first kappa shape index (κ1) is 79.8. The highest BCUT2D eigenvalue weighted by Gasteiger charge is 2.40. The molecule has 0 saturated carbocycles. The molecule has 0 radical (unpaired) electrons. The third-order valence-electron chi connectivity index (χ3n) is 18.6. The summed E-state index contributed by atoms with van der Waals surface area (Å²) in [5.74, 6) is 1.29. The van der Waals surface area contributed by atoms with E-state index in [1.165, 1.54) is 16.7 Å². The summed E-state index contributed by atoms with van der Waals surface area (Å²) in [5, 5.41) is 21.8. The third kappa shape index (κ3) is 19.8. The monoisotopic (exact) mass is 1420 g/mol. The van der Waals surface area contributed by atoms with E-state index in [0.29, 0.717) is 85.1 Å². The Balaban J connectivity index is 0.000000208. The zero-order chi connectivity index (χ0) is 69.3. The largest absolute Gasteiger partial charge is 0.501 e. The molecule has 6 heterocycles. The quantitative estimate of drug-likeness (QED) is 0.104. The first-order valence-corrected chi connectivity index (χ1v) is 35.2. The Morgan fingerprint density at radius 1 is 0.490 bits per heavy atom. The van der Waals surface area contributed by atoms with Crippen LogP contribution in [0.1, 0.15) is 221 Å². The van der Waals surface area contributed by atoms with Crippen molar-refractivity contribution in [3.63, 3.8) is 0 Å². The number of carbonyl (C=O) groups is 3. The maximum Gasteiger partial charge on any atom is 0.410 e. The van der Waals surface area contributed by atoms with Gasteiger partial charge in [-0.05, 0) is 260 Å². The number of hydrogen-bond acceptors (Lipinski definition) is 12. The van der Waals surface area contributed by atoms with Crippen molar-refractivity contribution in [3.05, 3.63) is 204 Å². The maximum atomic E-state index is 12.6. The zero-order valence-corrected chi connectivity index (χ0v) is 59.9. The molecule has 3 aliphatic heterocycles. The van der Waals surface area contributed by atoms with Crippen LogP contribution in [0.15, 0.2) is 122 Å². The molecule has 3 aromatic carbocycles. The molecule has 0 spiro atoms. The van der Waals surface area contributed by atoms with Crippen LogP contribution in [-0.4, -0.2) is 134 Å². The van der Waals surface area contributed by atoms with Crippen molar-refractivity contribution >= 4 is 88.0 Å². The van der Waals surface area contributed by atoms with Gasteiger partial charge in [-0.25, -0.2) is 14.4 Å². The Labute approximate surface area is 609 Å². The van der Waals surface area contributed by atoms with Crippen LogP contribution in [0.2, 0.25) is 15.1 Å². The number of ether oxygens (including phenoxy) is 4. The zero-order valence-electron chi connectivity index (χ0n) is 57.6. The Kier molecular flexibility index (Phi) is 27.8. The van der Waals surface area contributed by atoms with Gasteiger partial charge in [0.05, 0.1) is 36.6 Å². The standard InChI is InChI=1S/C28H33ClN2O3.C26H31ClN2O3.C25H29ClN2O3.3CH4/c1-5-33-16-12-20-17-21-18-22(29)8-9-23(21)25(26-24(20)7-6-13-30-26)19-10-14-31(15-11-19)27(32)34-28(2,3)4;1-26(2,3)32-25(31)29-12-8-17(9-13-29)23-21-7-6-20(27)16-19(21)15-18(10-14-30)22-5-4-11-28-24(22)23;1-25(2,3)31-24(30)28-11-8-16(9-12-28)22-20-7-6-19(26)14-17(20)13-18(15-29)21-5-4-10-27-23(21)22;;;/h6-9,12-13,16-19,25H,5,10-11,14-15H2,1-4H3;4-7,11,15-17,23,30H,8-10,12-14H2,1-3H3;4-7,10,13-14,16,22,29H,8-9,11-12,15H2,1-3H3;3*1H4/b16-12+;;;;;. The molecule has 3 amide bonds. The predicted octanol–water partition coefficient (Wildman–Crippen LogP) is 19.9. The van der Waals surface area contributed by atoms with Crippen molar-refractivity contribution in [1.29, 1.82) is 0 Å². The predicted molar refractivity (Wildman–Crippen MR) is 408 cm³/mol. The summed E-state index contributed by atoms with van der Waals surface area (Å²) in [5.41, 5.74) is 14.6. The molecule has 3 unspecified atom stereocenters. The van der Waals surface area contributed by atoms with E-state index in [0.717, 1.165) is 106 Å². The lowest BCUT2D eigenvalue weighted by Gasteiger charge is -2.37. The van der Waals surface area contributed by atoms with E-state index in [4.69, 9.17) is 68.7 Å². The number of hydrogen-bond donors (Lipinski definition) is 2. The summed E-state index contributed by atoms with van der Waals surface area (Å²) in [4.78, 5) is 57.6. The summed E-state index contributed by atoms with van der Waals surface area (Å²) < 4.78 is 22.2. The van der Waals surface area contributed by atoms with Gasteiger partial charge >= 0.3 is 18.3 Å². The lowest BCUT2D eigenvalue weighted by atomic mass is 9.76. The van der Waals surface area contributed by atoms with E-state index in [9.17, 15) is 24.6 Å². The number of fused-ring (bicyclic) bond motifs is 6. The van der Waals surface area contributed by atoms with Crippen molar-refractivity contribution in [2.24, 2.45) is 17.8 Å². The van der Waals surface area contributed by atoms with Gasteiger partial charge < -0.3 is 43.9 Å². The van der Waals surface area contributed by atoms with Crippen molar-refractivity contribution in [2.75, 3.05) is 59.1 Å². The van der Waals surface area contributed by atoms with E-state index in [-0.39, 0.29) is 71.5 Å². The molecule has 3 saturated heterocycles. The first-order valence-electron chi connectivity index (χ1n) is 34.1. The van der Waals surface area contributed by atoms with Gasteiger partial charge in [-0.2, -0.15) is 0 Å². The van der Waals surface area contributed by atoms with Gasteiger partial charge in [-0.1, -0.05) is 99.6 Å². The van der Waals surface area contributed by atoms with Crippen LogP contribution in [0.5, 0.6) is 0 Å². The number of halogens is 3. The summed E-state index contributed by atoms with van der Waals surface area (Å²) in [6, 6.07) is 30.2. The van der Waals surface area contributed by atoms with Crippen LogP contribution in [0.4, 0.5) is 14.4 Å². The van der Waals surface area contributed by atoms with Gasteiger partial charge in [0.2, 0.25) is 0 Å². The number of nitrogens with zero attached hydrogens (tertiary/aromatic N) is 6. The molecule has 12 rings (SSSR count). The average molecular weight is 1430 g/mol. The Hall–Kier alpha value is -7.53. The number of pyridine rings is 3. The molecule has 15 nitrogen and oxygen atoms in total. The summed E-state index contributed by atoms with van der Waals surface area (Å²) in [6.07, 6.45) is 20.7. The van der Waals surface area contributed by atoms with Crippen LogP contribution >= 0.6 is 34.8 Å². The minimum atomic E-state index is -0.497. The number of rotatable bonds is 9. The second kappa shape index (κ2) is 34.9. The fourth-order valence-electron chi connectivity index (χ4n) is 14.3. The van der Waals surface area contributed by atoms with E-state index >= 15 is 0 Å². The van der Waals surface area contributed by atoms with Gasteiger partial charge in [0.25, 0.3) is 0 Å². The molecule has 3 atom stereocenters. The molecule has 18 heteroatoms. The van der Waals surface area contributed by atoms with Crippen molar-refractivity contribution in [1.82, 2.24) is 29.7 Å². The number of aromatic nitrogens is 3. The highest BCUT2D eigenvalue weighted by atomic mass is 35.5. The van der Waals surface area contributed by atoms with Crippen LogP contribution in [-0.2, 0) is 18.9 Å². The molecule has 538 valence electrons. The minimum absolute atomic E-state index is 0. The SMILES string of the molecule is C.C.C.CC(C)(C)OC(=O)N1CCC(C2c3ccc(Cl)cc3C=C(CCO)c3cccnc32)CC1.CC(C)(C)OC(=O)N1CCC(C2c3ccc(Cl)cc3C=C(CO)c3cccnc32)CC1.CCO/C=C/C1=Cc2cc(Cl)ccc2C(C2CCN(C(=O)OC(C)(C)C)CC2)c2ncccc21. The number of allylic oxidation sites excluding steroid dienone is 2. The smallest absolute Gasteiger partial charge is 0.410 e. The van der Waals surface area contributed by atoms with Crippen LogP contribution in [0.25, 0.3) is 34.9 Å². The number of aliphatic hydroxyl groups is 2. The fraction of sp³-hybridized carbons (Fsp3) is 0.463. The van der Waals surface area contributed by atoms with Gasteiger partial charge in [0.15, 0.2) is 0 Å². The molecule has 2 N–H and O–H groups in total. The molecular formula is C82H105Cl3N6O9. The molecule has 3 fully saturated rings. The lowest BCUT2D eigenvalue weighted by molar-refractivity contribution is 0.0167. The highest BCUT2D eigenvalue weighted by molar-refractivity contribution is 6.31. The average Bonchev–Trinajstić information content (AvgIpc) is 1.76. The number of piperidine rings is 3. The molecule has 100 heavy (non-hydrogen) atoms. The number of aliphatic hydroxyl groups excluding tert-OH is 2.